The van der Waals surface area contributed by atoms with E-state index in [1.165, 1.54) is 18.2 Å². The number of allylic oxidation sites excluding steroid dienone is 1. The van der Waals surface area contributed by atoms with Crippen LogP contribution in [0.15, 0.2) is 18.2 Å². The normalized spacial score (nSPS) is 28.7. The van der Waals surface area contributed by atoms with Gasteiger partial charge in [0.1, 0.15) is 0 Å². The number of carbonyl (C=O) groups is 1. The van der Waals surface area contributed by atoms with Crippen molar-refractivity contribution in [2.45, 2.75) is 31.1 Å². The molecule has 0 radical (unpaired) electrons. The second-order valence-corrected chi connectivity index (χ2v) is 6.08. The molecule has 1 aromatic carbocycles. The number of fused-ring (bicyclic) bond motifs is 3. The van der Waals surface area contributed by atoms with Crippen molar-refractivity contribution in [3.63, 3.8) is 0 Å². The first-order valence-electron chi connectivity index (χ1n) is 7.43. The summed E-state index contributed by atoms with van der Waals surface area (Å²) in [6, 6.07) is 4.19. The Morgan fingerprint density at radius 2 is 1.95 bits per heavy atom. The van der Waals surface area contributed by atoms with Gasteiger partial charge >= 0.3 is 5.97 Å². The van der Waals surface area contributed by atoms with Gasteiger partial charge in [0, 0.05) is 5.41 Å². The zero-order valence-electron chi connectivity index (χ0n) is 12.1. The molecule has 1 fully saturated rings. The van der Waals surface area contributed by atoms with Gasteiger partial charge in [0.25, 0.3) is 0 Å². The van der Waals surface area contributed by atoms with Crippen LogP contribution in [0, 0.1) is 5.92 Å². The lowest BCUT2D eigenvalue weighted by molar-refractivity contribution is -0.146. The summed E-state index contributed by atoms with van der Waals surface area (Å²) in [5.74, 6) is 1.65. The second kappa shape index (κ2) is 4.52. The topological polar surface area (TPSA) is 44.8 Å². The molecular formula is C17H18O4. The van der Waals surface area contributed by atoms with Crippen molar-refractivity contribution in [1.29, 1.82) is 0 Å². The van der Waals surface area contributed by atoms with Crippen molar-refractivity contribution < 1.29 is 19.0 Å². The Morgan fingerprint density at radius 1 is 1.24 bits per heavy atom. The molecule has 4 nitrogen and oxygen atoms in total. The van der Waals surface area contributed by atoms with E-state index in [-0.39, 0.29) is 17.3 Å². The summed E-state index contributed by atoms with van der Waals surface area (Å²) in [6.07, 6.45) is 8.19. The Kier molecular flexibility index (Phi) is 2.74. The Balaban J connectivity index is 1.62. The van der Waals surface area contributed by atoms with E-state index in [0.717, 1.165) is 37.2 Å². The van der Waals surface area contributed by atoms with Crippen LogP contribution >= 0.6 is 0 Å². The number of ether oxygens (including phenoxy) is 3. The molecule has 0 saturated heterocycles. The first-order valence-corrected chi connectivity index (χ1v) is 7.43. The average molecular weight is 286 g/mol. The number of methoxy groups -OCH3 is 1. The Morgan fingerprint density at radius 3 is 2.67 bits per heavy atom. The number of benzene rings is 1. The molecule has 4 rings (SSSR count). The standard InChI is InChI=1S/C17H18O4/c1-19-16(18)11-2-5-17(6-3-11)7-4-12-8-14-15(9-13(12)17)21-10-20-14/h4,7-9,11H,2-3,5-6,10H2,1H3. The highest BCUT2D eigenvalue weighted by atomic mass is 16.7. The van der Waals surface area contributed by atoms with Gasteiger partial charge < -0.3 is 14.2 Å². The number of hydrogen-bond donors (Lipinski definition) is 0. The summed E-state index contributed by atoms with van der Waals surface area (Å²) in [6.45, 7) is 0.305. The molecule has 4 heteroatoms. The fourth-order valence-electron chi connectivity index (χ4n) is 3.84. The van der Waals surface area contributed by atoms with Crippen molar-refractivity contribution >= 4 is 12.0 Å². The molecule has 1 spiro atoms. The highest BCUT2D eigenvalue weighted by Gasteiger charge is 2.41. The molecule has 1 saturated carbocycles. The number of esters is 1. The van der Waals surface area contributed by atoms with E-state index in [1.807, 2.05) is 0 Å². The average Bonchev–Trinajstić information content (AvgIpc) is 3.11. The van der Waals surface area contributed by atoms with Gasteiger partial charge in [-0.25, -0.2) is 0 Å². The SMILES string of the molecule is COC(=O)C1CCC2(C=Cc3cc4c(cc32)OCO4)CC1. The number of carbonyl (C=O) groups excluding carboxylic acids is 1. The summed E-state index contributed by atoms with van der Waals surface area (Å²) < 4.78 is 15.8. The lowest BCUT2D eigenvalue weighted by Crippen LogP contribution is -2.32. The summed E-state index contributed by atoms with van der Waals surface area (Å²) in [5, 5.41) is 0. The Hall–Kier alpha value is -1.97. The first kappa shape index (κ1) is 12.7. The largest absolute Gasteiger partial charge is 0.469 e. The fraction of sp³-hybridized carbons (Fsp3) is 0.471. The van der Waals surface area contributed by atoms with Gasteiger partial charge in [0.05, 0.1) is 13.0 Å². The fourth-order valence-corrected chi connectivity index (χ4v) is 3.84. The van der Waals surface area contributed by atoms with Crippen LogP contribution in [0.3, 0.4) is 0 Å². The van der Waals surface area contributed by atoms with Crippen LogP contribution in [0.1, 0.15) is 36.8 Å². The van der Waals surface area contributed by atoms with Crippen molar-refractivity contribution in [2.24, 2.45) is 5.92 Å². The van der Waals surface area contributed by atoms with Crippen LogP contribution in [0.4, 0.5) is 0 Å². The summed E-state index contributed by atoms with van der Waals surface area (Å²) in [4.78, 5) is 11.7. The Labute approximate surface area is 123 Å². The van der Waals surface area contributed by atoms with E-state index in [0.29, 0.717) is 6.79 Å². The van der Waals surface area contributed by atoms with Gasteiger partial charge in [-0.15, -0.1) is 0 Å². The van der Waals surface area contributed by atoms with Gasteiger partial charge in [-0.2, -0.15) is 0 Å². The monoisotopic (exact) mass is 286 g/mol. The van der Waals surface area contributed by atoms with E-state index >= 15 is 0 Å². The second-order valence-electron chi connectivity index (χ2n) is 6.08. The predicted octanol–water partition coefficient (Wildman–Crippen LogP) is 3.04. The van der Waals surface area contributed by atoms with E-state index in [4.69, 9.17) is 14.2 Å². The summed E-state index contributed by atoms with van der Waals surface area (Å²) in [7, 11) is 1.47. The third kappa shape index (κ3) is 1.85. The van der Waals surface area contributed by atoms with Gasteiger partial charge in [0.2, 0.25) is 6.79 Å². The third-order valence-corrected chi connectivity index (χ3v) is 5.08. The van der Waals surface area contributed by atoms with Crippen molar-refractivity contribution in [3.05, 3.63) is 29.3 Å². The van der Waals surface area contributed by atoms with Crippen molar-refractivity contribution in [3.8, 4) is 11.5 Å². The summed E-state index contributed by atoms with van der Waals surface area (Å²) >= 11 is 0. The smallest absolute Gasteiger partial charge is 0.308 e. The molecular weight excluding hydrogens is 268 g/mol. The van der Waals surface area contributed by atoms with E-state index in [9.17, 15) is 4.79 Å². The van der Waals surface area contributed by atoms with Crippen LogP contribution in [0.5, 0.6) is 11.5 Å². The van der Waals surface area contributed by atoms with Crippen molar-refractivity contribution in [1.82, 2.24) is 0 Å². The summed E-state index contributed by atoms with van der Waals surface area (Å²) in [5.41, 5.74) is 2.59. The molecule has 1 aliphatic heterocycles. The molecule has 21 heavy (non-hydrogen) atoms. The van der Waals surface area contributed by atoms with Crippen LogP contribution < -0.4 is 9.47 Å². The van der Waals surface area contributed by atoms with Gasteiger partial charge in [-0.1, -0.05) is 12.2 Å². The predicted molar refractivity (Wildman–Crippen MR) is 77.3 cm³/mol. The molecule has 0 N–H and O–H groups in total. The molecule has 0 unspecified atom stereocenters. The number of hydrogen-bond acceptors (Lipinski definition) is 4. The highest BCUT2D eigenvalue weighted by molar-refractivity contribution is 5.73. The zero-order chi connectivity index (χ0) is 14.4. The lowest BCUT2D eigenvalue weighted by Gasteiger charge is -2.36. The molecule has 3 aliphatic rings. The lowest BCUT2D eigenvalue weighted by atomic mass is 9.68. The molecule has 0 atom stereocenters. The van der Waals surface area contributed by atoms with E-state index < -0.39 is 0 Å². The van der Waals surface area contributed by atoms with Gasteiger partial charge in [0.15, 0.2) is 11.5 Å². The van der Waals surface area contributed by atoms with Crippen molar-refractivity contribution in [2.75, 3.05) is 13.9 Å². The Bertz CT molecular complexity index is 624. The van der Waals surface area contributed by atoms with Crippen LogP contribution in [0.2, 0.25) is 0 Å². The zero-order valence-corrected chi connectivity index (χ0v) is 12.1. The van der Waals surface area contributed by atoms with Crippen LogP contribution in [0.25, 0.3) is 6.08 Å². The molecule has 0 bridgehead atoms. The molecule has 110 valence electrons. The van der Waals surface area contributed by atoms with Gasteiger partial charge in [-0.3, -0.25) is 4.79 Å². The molecule has 0 aromatic heterocycles. The quantitative estimate of drug-likeness (QED) is 0.744. The van der Waals surface area contributed by atoms with Crippen LogP contribution in [-0.4, -0.2) is 19.9 Å². The minimum atomic E-state index is -0.0715. The third-order valence-electron chi connectivity index (χ3n) is 5.08. The van der Waals surface area contributed by atoms with E-state index in [1.54, 1.807) is 0 Å². The highest BCUT2D eigenvalue weighted by Crippen LogP contribution is 2.51. The van der Waals surface area contributed by atoms with E-state index in [2.05, 4.69) is 24.3 Å². The minimum absolute atomic E-state index is 0.0482. The van der Waals surface area contributed by atoms with Gasteiger partial charge in [-0.05, 0) is 48.9 Å². The molecule has 1 heterocycles. The first-order chi connectivity index (χ1) is 10.2. The molecule has 1 aromatic rings. The number of rotatable bonds is 1. The molecule has 2 aliphatic carbocycles. The maximum atomic E-state index is 11.7. The maximum Gasteiger partial charge on any atom is 0.308 e. The molecule has 0 amide bonds. The maximum absolute atomic E-state index is 11.7. The minimum Gasteiger partial charge on any atom is -0.469 e. The van der Waals surface area contributed by atoms with Crippen LogP contribution in [-0.2, 0) is 14.9 Å².